The first kappa shape index (κ1) is 17.1. The summed E-state index contributed by atoms with van der Waals surface area (Å²) in [6.07, 6.45) is 11.2. The summed E-state index contributed by atoms with van der Waals surface area (Å²) in [7, 11) is 1.89. The third-order valence-electron chi connectivity index (χ3n) is 5.04. The van der Waals surface area contributed by atoms with Crippen molar-refractivity contribution in [1.29, 1.82) is 0 Å². The number of nitrogens with zero attached hydrogens (tertiary/aromatic N) is 6. The molecule has 0 amide bonds. The largest absolute Gasteiger partial charge is 0.460 e. The Morgan fingerprint density at radius 1 is 1.04 bits per heavy atom. The minimum Gasteiger partial charge on any atom is -0.460 e. The molecule has 0 unspecified atom stereocenters. The van der Waals surface area contributed by atoms with Gasteiger partial charge in [0.05, 0.1) is 6.20 Å². The minimum absolute atomic E-state index is 0.127. The van der Waals surface area contributed by atoms with Gasteiger partial charge in [-0.15, -0.1) is 11.3 Å². The number of ether oxygens (including phenoxy) is 1. The molecule has 0 spiro atoms. The smallest absolute Gasteiger partial charge is 0.316 e. The maximum absolute atomic E-state index is 6.02. The van der Waals surface area contributed by atoms with Crippen LogP contribution in [0.1, 0.15) is 12.8 Å². The van der Waals surface area contributed by atoms with Gasteiger partial charge >= 0.3 is 6.01 Å². The zero-order valence-corrected chi connectivity index (χ0v) is 16.3. The van der Waals surface area contributed by atoms with E-state index in [1.807, 2.05) is 19.4 Å². The van der Waals surface area contributed by atoms with Gasteiger partial charge in [0.15, 0.2) is 0 Å². The van der Waals surface area contributed by atoms with Crippen molar-refractivity contribution in [2.24, 2.45) is 7.05 Å². The zero-order chi connectivity index (χ0) is 18.9. The lowest BCUT2D eigenvalue weighted by molar-refractivity contribution is 0.156. The predicted octanol–water partition coefficient (Wildman–Crippen LogP) is 3.53. The van der Waals surface area contributed by atoms with Crippen molar-refractivity contribution in [1.82, 2.24) is 24.7 Å². The summed E-state index contributed by atoms with van der Waals surface area (Å²) in [4.78, 5) is 15.7. The van der Waals surface area contributed by atoms with Gasteiger partial charge in [0.25, 0.3) is 0 Å². The van der Waals surface area contributed by atoms with Gasteiger partial charge in [-0.25, -0.2) is 15.0 Å². The summed E-state index contributed by atoms with van der Waals surface area (Å²) in [5, 5.41) is 7.54. The first-order chi connectivity index (χ1) is 13.8. The highest BCUT2D eigenvalue weighted by Crippen LogP contribution is 2.30. The number of pyridine rings is 1. The molecule has 28 heavy (non-hydrogen) atoms. The summed E-state index contributed by atoms with van der Waals surface area (Å²) < 4.78 is 9.07. The van der Waals surface area contributed by atoms with Crippen LogP contribution < -0.4 is 9.64 Å². The predicted molar refractivity (Wildman–Crippen MR) is 110 cm³/mol. The molecule has 0 radical (unpaired) electrons. The molecule has 0 aromatic carbocycles. The highest BCUT2D eigenvalue weighted by Gasteiger charge is 2.23. The third-order valence-corrected chi connectivity index (χ3v) is 5.92. The molecule has 0 N–H and O–H groups in total. The van der Waals surface area contributed by atoms with E-state index in [2.05, 4.69) is 42.5 Å². The van der Waals surface area contributed by atoms with Crippen molar-refractivity contribution in [2.75, 3.05) is 18.0 Å². The molecular formula is C20H20N6OS. The van der Waals surface area contributed by atoms with Gasteiger partial charge in [-0.2, -0.15) is 5.10 Å². The van der Waals surface area contributed by atoms with Gasteiger partial charge in [0.1, 0.15) is 11.9 Å². The highest BCUT2D eigenvalue weighted by molar-refractivity contribution is 7.17. The number of aromatic nitrogens is 5. The standard InChI is InChI=1S/C20H20N6OS/c1-25-13-15(12-24-25)14-10-22-20(23-11-14)27-16-3-7-26(8-4-16)19-17-5-9-28-18(17)2-6-21-19/h2,5-6,9-13,16H,3-4,7-8H2,1H3. The van der Waals surface area contributed by atoms with E-state index >= 15 is 0 Å². The summed E-state index contributed by atoms with van der Waals surface area (Å²) in [6.45, 7) is 1.83. The van der Waals surface area contributed by atoms with Crippen molar-refractivity contribution < 1.29 is 4.74 Å². The molecule has 0 aliphatic carbocycles. The van der Waals surface area contributed by atoms with Crippen molar-refractivity contribution in [3.63, 3.8) is 0 Å². The average molecular weight is 392 g/mol. The lowest BCUT2D eigenvalue weighted by Crippen LogP contribution is -2.39. The summed E-state index contributed by atoms with van der Waals surface area (Å²) in [6, 6.07) is 4.66. The Balaban J connectivity index is 1.22. The third kappa shape index (κ3) is 3.31. The lowest BCUT2D eigenvalue weighted by Gasteiger charge is -2.32. The number of hydrogen-bond donors (Lipinski definition) is 0. The zero-order valence-electron chi connectivity index (χ0n) is 15.5. The number of piperidine rings is 1. The Morgan fingerprint density at radius 2 is 1.86 bits per heavy atom. The van der Waals surface area contributed by atoms with Crippen LogP contribution in [0.2, 0.25) is 0 Å². The molecule has 8 heteroatoms. The topological polar surface area (TPSA) is 69.0 Å². The van der Waals surface area contributed by atoms with E-state index in [9.17, 15) is 0 Å². The molecule has 4 aromatic heterocycles. The number of thiophene rings is 1. The number of rotatable bonds is 4. The Morgan fingerprint density at radius 3 is 2.61 bits per heavy atom. The highest BCUT2D eigenvalue weighted by atomic mass is 32.1. The van der Waals surface area contributed by atoms with Gasteiger partial charge in [0, 0.05) is 79.0 Å². The van der Waals surface area contributed by atoms with E-state index in [4.69, 9.17) is 4.74 Å². The first-order valence-corrected chi connectivity index (χ1v) is 10.2. The number of aryl methyl sites for hydroxylation is 1. The van der Waals surface area contributed by atoms with Crippen LogP contribution in [0.5, 0.6) is 6.01 Å². The van der Waals surface area contributed by atoms with Crippen LogP contribution >= 0.6 is 11.3 Å². The van der Waals surface area contributed by atoms with Crippen LogP contribution in [0.25, 0.3) is 21.2 Å². The number of fused-ring (bicyclic) bond motifs is 1. The first-order valence-electron chi connectivity index (χ1n) is 9.31. The van der Waals surface area contributed by atoms with Gasteiger partial charge in [-0.05, 0) is 17.5 Å². The van der Waals surface area contributed by atoms with E-state index in [0.717, 1.165) is 42.9 Å². The molecule has 0 bridgehead atoms. The second-order valence-electron chi connectivity index (χ2n) is 6.93. The molecule has 1 aliphatic rings. The minimum atomic E-state index is 0.127. The fourth-order valence-corrected chi connectivity index (χ4v) is 4.34. The number of hydrogen-bond acceptors (Lipinski definition) is 7. The SMILES string of the molecule is Cn1cc(-c2cnc(OC3CCN(c4nccc5sccc45)CC3)nc2)cn1. The van der Waals surface area contributed by atoms with Crippen molar-refractivity contribution in [2.45, 2.75) is 18.9 Å². The molecule has 1 saturated heterocycles. The van der Waals surface area contributed by atoms with Crippen molar-refractivity contribution in [3.8, 4) is 17.1 Å². The molecule has 1 fully saturated rings. The van der Waals surface area contributed by atoms with Crippen molar-refractivity contribution >= 4 is 27.2 Å². The molecule has 142 valence electrons. The van der Waals surface area contributed by atoms with E-state index < -0.39 is 0 Å². The maximum atomic E-state index is 6.02. The van der Waals surface area contributed by atoms with Gasteiger partial charge in [0.2, 0.25) is 0 Å². The van der Waals surface area contributed by atoms with Crippen LogP contribution in [0.3, 0.4) is 0 Å². The van der Waals surface area contributed by atoms with E-state index in [1.54, 1.807) is 34.6 Å². The van der Waals surface area contributed by atoms with Crippen LogP contribution in [0, 0.1) is 0 Å². The number of anilines is 1. The second-order valence-corrected chi connectivity index (χ2v) is 7.88. The summed E-state index contributed by atoms with van der Waals surface area (Å²) in [5.74, 6) is 1.08. The monoisotopic (exact) mass is 392 g/mol. The quantitative estimate of drug-likeness (QED) is 0.529. The molecule has 1 aliphatic heterocycles. The molecule has 0 saturated carbocycles. The Labute approximate surface area is 166 Å². The van der Waals surface area contributed by atoms with Crippen LogP contribution in [0.15, 0.2) is 48.5 Å². The summed E-state index contributed by atoms with van der Waals surface area (Å²) >= 11 is 1.76. The molecule has 5 rings (SSSR count). The summed E-state index contributed by atoms with van der Waals surface area (Å²) in [5.41, 5.74) is 1.93. The van der Waals surface area contributed by atoms with Crippen LogP contribution in [-0.4, -0.2) is 43.9 Å². The fourth-order valence-electron chi connectivity index (χ4n) is 3.56. The van der Waals surface area contributed by atoms with Gasteiger partial charge < -0.3 is 9.64 Å². The molecule has 0 atom stereocenters. The average Bonchev–Trinajstić information content (AvgIpc) is 3.38. The molecule has 4 aromatic rings. The van der Waals surface area contributed by atoms with E-state index in [1.165, 1.54) is 10.1 Å². The fraction of sp³-hybridized carbons (Fsp3) is 0.300. The second kappa shape index (κ2) is 7.20. The Bertz CT molecular complexity index is 1080. The maximum Gasteiger partial charge on any atom is 0.316 e. The van der Waals surface area contributed by atoms with Crippen LogP contribution in [-0.2, 0) is 7.05 Å². The van der Waals surface area contributed by atoms with Gasteiger partial charge in [-0.1, -0.05) is 0 Å². The van der Waals surface area contributed by atoms with Crippen LogP contribution in [0.4, 0.5) is 5.82 Å². The molecular weight excluding hydrogens is 372 g/mol. The van der Waals surface area contributed by atoms with E-state index in [0.29, 0.717) is 6.01 Å². The lowest BCUT2D eigenvalue weighted by atomic mass is 10.1. The molecule has 5 heterocycles. The Hall–Kier alpha value is -3.00. The Kier molecular flexibility index (Phi) is 4.40. The molecule has 7 nitrogen and oxygen atoms in total. The van der Waals surface area contributed by atoms with Crippen molar-refractivity contribution in [3.05, 3.63) is 48.5 Å². The van der Waals surface area contributed by atoms with E-state index in [-0.39, 0.29) is 6.10 Å². The normalized spacial score (nSPS) is 15.2. The van der Waals surface area contributed by atoms with Gasteiger partial charge in [-0.3, -0.25) is 4.68 Å².